The normalized spacial score (nSPS) is 12.5. The largest absolute Gasteiger partial charge is 0.481 e. The number of nitrogens with two attached hydrogens (primary N) is 1. The predicted molar refractivity (Wildman–Crippen MR) is 125 cm³/mol. The van der Waals surface area contributed by atoms with Crippen LogP contribution in [0.5, 0.6) is 0 Å². The molecular weight excluding hydrogens is 446 g/mol. The number of amides is 3. The minimum absolute atomic E-state index is 0.0197. The summed E-state index contributed by atoms with van der Waals surface area (Å²) >= 11 is 0. The van der Waals surface area contributed by atoms with Crippen molar-refractivity contribution in [1.82, 2.24) is 26.9 Å². The van der Waals surface area contributed by atoms with Gasteiger partial charge in [-0.3, -0.25) is 20.0 Å². The number of nitrogens with one attached hydrogen (secondary N) is 5. The molecule has 0 aliphatic rings. The van der Waals surface area contributed by atoms with Crippen molar-refractivity contribution in [3.8, 4) is 0 Å². The summed E-state index contributed by atoms with van der Waals surface area (Å²) in [6, 6.07) is 5.41. The van der Waals surface area contributed by atoms with Gasteiger partial charge in [0.25, 0.3) is 0 Å². The van der Waals surface area contributed by atoms with Crippen LogP contribution in [0.4, 0.5) is 4.79 Å². The molecule has 0 spiro atoms. The van der Waals surface area contributed by atoms with Crippen molar-refractivity contribution in [2.45, 2.75) is 50.6 Å². The van der Waals surface area contributed by atoms with Crippen molar-refractivity contribution in [3.63, 3.8) is 0 Å². The molecular formula is C21H33N7O6. The first-order chi connectivity index (χ1) is 16.3. The second-order valence-electron chi connectivity index (χ2n) is 7.38. The molecule has 0 aromatic heterocycles. The van der Waals surface area contributed by atoms with E-state index in [2.05, 4.69) is 31.9 Å². The van der Waals surface area contributed by atoms with Gasteiger partial charge in [0.1, 0.15) is 12.1 Å². The number of carbonyl (C=O) groups excluding carboxylic acids is 2. The van der Waals surface area contributed by atoms with Crippen LogP contribution in [0.2, 0.25) is 0 Å². The Labute approximate surface area is 197 Å². The zero-order valence-corrected chi connectivity index (χ0v) is 18.8. The number of hydrogen-bond donors (Lipinski definition) is 8. The molecule has 0 bridgehead atoms. The van der Waals surface area contributed by atoms with Crippen molar-refractivity contribution in [3.05, 3.63) is 35.9 Å². The number of hydrazine groups is 2. The molecule has 0 aliphatic heterocycles. The lowest BCUT2D eigenvalue weighted by atomic mass is 10.1. The third-order valence-corrected chi connectivity index (χ3v) is 4.62. The van der Waals surface area contributed by atoms with E-state index in [1.165, 1.54) is 6.34 Å². The molecule has 3 amide bonds. The van der Waals surface area contributed by atoms with Crippen LogP contribution in [-0.2, 0) is 20.8 Å². The Morgan fingerprint density at radius 3 is 2.35 bits per heavy atom. The van der Waals surface area contributed by atoms with Crippen molar-refractivity contribution >= 4 is 30.2 Å². The minimum Gasteiger partial charge on any atom is -0.481 e. The van der Waals surface area contributed by atoms with Crippen LogP contribution >= 0.6 is 0 Å². The highest BCUT2D eigenvalue weighted by atomic mass is 16.4. The lowest BCUT2D eigenvalue weighted by molar-refractivity contribution is -0.143. The molecule has 1 rings (SSSR count). The Bertz CT molecular complexity index is 806. The summed E-state index contributed by atoms with van der Waals surface area (Å²) in [5.41, 5.74) is 7.60. The maximum atomic E-state index is 12.5. The number of carboxylic acid groups (broad SMARTS) is 2. The first kappa shape index (κ1) is 28.3. The van der Waals surface area contributed by atoms with Crippen LogP contribution in [0.25, 0.3) is 0 Å². The van der Waals surface area contributed by atoms with E-state index in [0.29, 0.717) is 18.7 Å². The van der Waals surface area contributed by atoms with Gasteiger partial charge in [-0.1, -0.05) is 43.2 Å². The third-order valence-electron chi connectivity index (χ3n) is 4.62. The van der Waals surface area contributed by atoms with Gasteiger partial charge in [0.2, 0.25) is 5.91 Å². The summed E-state index contributed by atoms with van der Waals surface area (Å²) in [5, 5.41) is 23.4. The Kier molecular flexibility index (Phi) is 14.0. The SMILES string of the molecule is NNC=NCCCCCCNC(=O)NN[C@@H](CC(=O)O)C(=O)N[C@@H](Cc1ccccc1)C(=O)O. The first-order valence-corrected chi connectivity index (χ1v) is 10.9. The molecule has 13 nitrogen and oxygen atoms in total. The Morgan fingerprint density at radius 2 is 1.71 bits per heavy atom. The van der Waals surface area contributed by atoms with E-state index in [0.717, 1.165) is 25.7 Å². The van der Waals surface area contributed by atoms with Crippen molar-refractivity contribution in [2.75, 3.05) is 13.1 Å². The molecule has 2 atom stereocenters. The summed E-state index contributed by atoms with van der Waals surface area (Å²) in [4.78, 5) is 51.2. The van der Waals surface area contributed by atoms with Gasteiger partial charge >= 0.3 is 18.0 Å². The van der Waals surface area contributed by atoms with Gasteiger partial charge < -0.3 is 26.3 Å². The monoisotopic (exact) mass is 479 g/mol. The van der Waals surface area contributed by atoms with E-state index in [1.54, 1.807) is 30.3 Å². The van der Waals surface area contributed by atoms with Gasteiger partial charge in [0.05, 0.1) is 12.8 Å². The zero-order chi connectivity index (χ0) is 25.2. The predicted octanol–water partition coefficient (Wildman–Crippen LogP) is -0.502. The van der Waals surface area contributed by atoms with Gasteiger partial charge in [0, 0.05) is 19.5 Å². The molecule has 34 heavy (non-hydrogen) atoms. The second-order valence-corrected chi connectivity index (χ2v) is 7.38. The number of unbranched alkanes of at least 4 members (excludes halogenated alkanes) is 3. The average Bonchev–Trinajstić information content (AvgIpc) is 2.80. The molecule has 0 saturated carbocycles. The number of aliphatic carboxylic acids is 2. The van der Waals surface area contributed by atoms with E-state index in [1.807, 2.05) is 0 Å². The fourth-order valence-corrected chi connectivity index (χ4v) is 2.90. The molecule has 1 aromatic rings. The fourth-order valence-electron chi connectivity index (χ4n) is 2.90. The third kappa shape index (κ3) is 13.0. The van der Waals surface area contributed by atoms with Crippen LogP contribution in [0.15, 0.2) is 35.3 Å². The van der Waals surface area contributed by atoms with E-state index in [9.17, 15) is 24.3 Å². The van der Waals surface area contributed by atoms with Crippen molar-refractivity contribution < 1.29 is 29.4 Å². The van der Waals surface area contributed by atoms with Crippen LogP contribution in [-0.4, -0.2) is 65.6 Å². The molecule has 188 valence electrons. The number of urea groups is 1. The summed E-state index contributed by atoms with van der Waals surface area (Å²) < 4.78 is 0. The summed E-state index contributed by atoms with van der Waals surface area (Å²) in [6.45, 7) is 1.04. The van der Waals surface area contributed by atoms with Crippen molar-refractivity contribution in [2.24, 2.45) is 10.8 Å². The maximum Gasteiger partial charge on any atom is 0.329 e. The molecule has 0 radical (unpaired) electrons. The number of hydrogen-bond acceptors (Lipinski definition) is 7. The Balaban J connectivity index is 2.45. The highest BCUT2D eigenvalue weighted by Gasteiger charge is 2.27. The van der Waals surface area contributed by atoms with Crippen LogP contribution in [0.3, 0.4) is 0 Å². The van der Waals surface area contributed by atoms with Gasteiger partial charge in [-0.05, 0) is 18.4 Å². The number of benzene rings is 1. The van der Waals surface area contributed by atoms with Gasteiger partial charge in [-0.25, -0.2) is 20.9 Å². The van der Waals surface area contributed by atoms with Gasteiger partial charge in [-0.15, -0.1) is 0 Å². The lowest BCUT2D eigenvalue weighted by Crippen LogP contribution is -2.57. The number of rotatable bonds is 17. The van der Waals surface area contributed by atoms with Crippen LogP contribution in [0, 0.1) is 0 Å². The van der Waals surface area contributed by atoms with Crippen molar-refractivity contribution in [1.29, 1.82) is 0 Å². The standard InChI is InChI=1S/C21H33N7O6/c22-25-14-23-10-6-1-2-7-11-24-21(34)28-27-16(13-18(29)30)19(31)26-17(20(32)33)12-15-8-4-3-5-9-15/h3-5,8-9,14,16-17,27H,1-2,6-7,10-13,22H2,(H,23,25)(H,26,31)(H,29,30)(H,32,33)(H2,24,28,34)/t16-,17-/m0/s1. The smallest absolute Gasteiger partial charge is 0.329 e. The minimum atomic E-state index is -1.37. The molecule has 0 fully saturated rings. The van der Waals surface area contributed by atoms with Gasteiger partial charge in [-0.2, -0.15) is 0 Å². The Morgan fingerprint density at radius 1 is 1.00 bits per heavy atom. The number of carbonyl (C=O) groups is 4. The van der Waals surface area contributed by atoms with E-state index < -0.39 is 42.4 Å². The van der Waals surface area contributed by atoms with E-state index in [4.69, 9.17) is 10.9 Å². The molecule has 13 heteroatoms. The van der Waals surface area contributed by atoms with Gasteiger partial charge in [0.15, 0.2) is 0 Å². The molecule has 1 aromatic carbocycles. The summed E-state index contributed by atoms with van der Waals surface area (Å²) in [7, 11) is 0. The number of nitrogens with zero attached hydrogens (tertiary/aromatic N) is 1. The summed E-state index contributed by atoms with van der Waals surface area (Å²) in [6.07, 6.45) is 4.20. The average molecular weight is 480 g/mol. The fraction of sp³-hybridized carbons (Fsp3) is 0.476. The number of aliphatic imine (C=N–C) groups is 1. The van der Waals surface area contributed by atoms with E-state index in [-0.39, 0.29) is 6.42 Å². The lowest BCUT2D eigenvalue weighted by Gasteiger charge is -2.21. The van der Waals surface area contributed by atoms with Crippen LogP contribution in [0.1, 0.15) is 37.7 Å². The second kappa shape index (κ2) is 16.9. The highest BCUT2D eigenvalue weighted by Crippen LogP contribution is 2.04. The zero-order valence-electron chi connectivity index (χ0n) is 18.8. The van der Waals surface area contributed by atoms with E-state index >= 15 is 0 Å². The molecule has 0 saturated heterocycles. The summed E-state index contributed by atoms with van der Waals surface area (Å²) in [5.74, 6) is 1.64. The number of carboxylic acids is 2. The molecule has 0 heterocycles. The quantitative estimate of drug-likeness (QED) is 0.0475. The molecule has 0 unspecified atom stereocenters. The molecule has 0 aliphatic carbocycles. The maximum absolute atomic E-state index is 12.5. The molecule has 9 N–H and O–H groups in total. The topological polar surface area (TPSA) is 207 Å². The first-order valence-electron chi connectivity index (χ1n) is 10.9. The Hall–Kier alpha value is -3.71. The van der Waals surface area contributed by atoms with Crippen LogP contribution < -0.4 is 32.8 Å². The highest BCUT2D eigenvalue weighted by molar-refractivity contribution is 5.90.